The number of hydrogen-bond donors (Lipinski definition) is 1. The third kappa shape index (κ3) is 2.58. The fourth-order valence-electron chi connectivity index (χ4n) is 1.56. The maximum atomic E-state index is 12.9. The number of benzene rings is 1. The normalized spacial score (nSPS) is 11.1. The Hall–Kier alpha value is -1.42. The molecule has 0 radical (unpaired) electrons. The van der Waals surface area contributed by atoms with Gasteiger partial charge in [-0.3, -0.25) is 4.39 Å². The highest BCUT2D eigenvalue weighted by atomic mass is 19.1. The zero-order valence-corrected chi connectivity index (χ0v) is 8.80. The summed E-state index contributed by atoms with van der Waals surface area (Å²) in [6.07, 6.45) is 0.495. The second-order valence-electron chi connectivity index (χ2n) is 3.61. The van der Waals surface area contributed by atoms with Gasteiger partial charge in [0.15, 0.2) is 0 Å². The minimum atomic E-state index is -0.321. The van der Waals surface area contributed by atoms with Gasteiger partial charge in [-0.2, -0.15) is 0 Å². The van der Waals surface area contributed by atoms with Crippen molar-refractivity contribution in [3.8, 4) is 0 Å². The second kappa shape index (κ2) is 5.07. The van der Waals surface area contributed by atoms with Crippen molar-refractivity contribution in [2.45, 2.75) is 13.0 Å². The van der Waals surface area contributed by atoms with Crippen LogP contribution in [0.25, 0.3) is 11.0 Å². The smallest absolute Gasteiger partial charge is 0.134 e. The number of nitrogens with one attached hydrogen (secondary N) is 1. The van der Waals surface area contributed by atoms with Gasteiger partial charge < -0.3 is 9.73 Å². The highest BCUT2D eigenvalue weighted by molar-refractivity contribution is 5.77. The van der Waals surface area contributed by atoms with Crippen LogP contribution in [0.15, 0.2) is 28.7 Å². The Balaban J connectivity index is 2.02. The minimum absolute atomic E-state index is 0.273. The molecule has 2 nitrogen and oxygen atoms in total. The Kier molecular flexibility index (Phi) is 3.51. The van der Waals surface area contributed by atoms with E-state index in [9.17, 15) is 8.78 Å². The molecule has 1 N–H and O–H groups in total. The van der Waals surface area contributed by atoms with Crippen molar-refractivity contribution in [1.29, 1.82) is 0 Å². The molecule has 0 fully saturated rings. The molecular weight excluding hydrogens is 212 g/mol. The first-order valence-electron chi connectivity index (χ1n) is 5.24. The fraction of sp³-hybridized carbons (Fsp3) is 0.333. The summed E-state index contributed by atoms with van der Waals surface area (Å²) in [7, 11) is 0. The number of alkyl halides is 1. The van der Waals surface area contributed by atoms with Crippen molar-refractivity contribution in [3.05, 3.63) is 35.8 Å². The van der Waals surface area contributed by atoms with E-state index in [2.05, 4.69) is 5.32 Å². The quantitative estimate of drug-likeness (QED) is 0.791. The van der Waals surface area contributed by atoms with E-state index in [1.165, 1.54) is 12.1 Å². The van der Waals surface area contributed by atoms with Gasteiger partial charge in [0.25, 0.3) is 0 Å². The molecule has 0 spiro atoms. The molecular formula is C12H13F2NO. The van der Waals surface area contributed by atoms with Gasteiger partial charge in [0.2, 0.25) is 0 Å². The Morgan fingerprint density at radius 3 is 2.94 bits per heavy atom. The molecule has 0 aliphatic carbocycles. The van der Waals surface area contributed by atoms with Crippen LogP contribution >= 0.6 is 0 Å². The number of rotatable bonds is 5. The van der Waals surface area contributed by atoms with Crippen molar-refractivity contribution in [1.82, 2.24) is 5.32 Å². The summed E-state index contributed by atoms with van der Waals surface area (Å²) < 4.78 is 30.2. The maximum absolute atomic E-state index is 12.9. The zero-order chi connectivity index (χ0) is 11.4. The van der Waals surface area contributed by atoms with E-state index in [0.29, 0.717) is 25.1 Å². The summed E-state index contributed by atoms with van der Waals surface area (Å²) >= 11 is 0. The average Bonchev–Trinajstić information content (AvgIpc) is 2.66. The van der Waals surface area contributed by atoms with Crippen LogP contribution in [0.1, 0.15) is 12.2 Å². The van der Waals surface area contributed by atoms with Gasteiger partial charge >= 0.3 is 0 Å². The Morgan fingerprint density at radius 2 is 2.12 bits per heavy atom. The third-order valence-electron chi connectivity index (χ3n) is 2.32. The number of halogens is 2. The van der Waals surface area contributed by atoms with E-state index in [1.807, 2.05) is 0 Å². The predicted molar refractivity (Wildman–Crippen MR) is 58.5 cm³/mol. The highest BCUT2D eigenvalue weighted by Crippen LogP contribution is 2.20. The van der Waals surface area contributed by atoms with Crippen LogP contribution in [0.2, 0.25) is 0 Å². The van der Waals surface area contributed by atoms with Gasteiger partial charge in [-0.15, -0.1) is 0 Å². The summed E-state index contributed by atoms with van der Waals surface area (Å²) in [6.45, 7) is 0.830. The van der Waals surface area contributed by atoms with Gasteiger partial charge in [-0.25, -0.2) is 4.39 Å². The molecule has 16 heavy (non-hydrogen) atoms. The number of fused-ring (bicyclic) bond motifs is 1. The van der Waals surface area contributed by atoms with E-state index >= 15 is 0 Å². The first-order chi connectivity index (χ1) is 7.79. The molecule has 0 aliphatic rings. The Morgan fingerprint density at radius 1 is 1.25 bits per heavy atom. The molecule has 86 valence electrons. The molecule has 2 rings (SSSR count). The van der Waals surface area contributed by atoms with Crippen molar-refractivity contribution < 1.29 is 13.2 Å². The van der Waals surface area contributed by atoms with Crippen LogP contribution in [0.5, 0.6) is 0 Å². The summed E-state index contributed by atoms with van der Waals surface area (Å²) in [4.78, 5) is 0. The summed E-state index contributed by atoms with van der Waals surface area (Å²) in [6, 6.07) is 6.20. The van der Waals surface area contributed by atoms with Gasteiger partial charge in [-0.1, -0.05) is 0 Å². The van der Waals surface area contributed by atoms with E-state index < -0.39 is 0 Å². The first-order valence-corrected chi connectivity index (χ1v) is 5.24. The van der Waals surface area contributed by atoms with E-state index in [4.69, 9.17) is 4.42 Å². The van der Waals surface area contributed by atoms with E-state index in [0.717, 1.165) is 11.1 Å². The third-order valence-corrected chi connectivity index (χ3v) is 2.32. The summed E-state index contributed by atoms with van der Waals surface area (Å²) in [5, 5.41) is 3.80. The van der Waals surface area contributed by atoms with Crippen LogP contribution in [0.3, 0.4) is 0 Å². The highest BCUT2D eigenvalue weighted by Gasteiger charge is 2.03. The SMILES string of the molecule is FCCCNCc1cc2cc(F)ccc2o1. The van der Waals surface area contributed by atoms with Crippen LogP contribution in [0, 0.1) is 5.82 Å². The molecule has 2 aromatic rings. The molecule has 0 saturated carbocycles. The number of hydrogen-bond acceptors (Lipinski definition) is 2. The van der Waals surface area contributed by atoms with E-state index in [1.54, 1.807) is 12.1 Å². The molecule has 0 amide bonds. The Labute approximate surface area is 92.2 Å². The second-order valence-corrected chi connectivity index (χ2v) is 3.61. The fourth-order valence-corrected chi connectivity index (χ4v) is 1.56. The van der Waals surface area contributed by atoms with Crippen molar-refractivity contribution in [2.75, 3.05) is 13.2 Å². The first kappa shape index (κ1) is 11.1. The maximum Gasteiger partial charge on any atom is 0.134 e. The lowest BCUT2D eigenvalue weighted by molar-refractivity contribution is 0.448. The van der Waals surface area contributed by atoms with Gasteiger partial charge in [-0.05, 0) is 37.2 Å². The topological polar surface area (TPSA) is 25.2 Å². The molecule has 0 atom stereocenters. The molecule has 1 aromatic heterocycles. The zero-order valence-electron chi connectivity index (χ0n) is 8.80. The molecule has 0 aliphatic heterocycles. The predicted octanol–water partition coefficient (Wildman–Crippen LogP) is 3.02. The van der Waals surface area contributed by atoms with Crippen LogP contribution in [0.4, 0.5) is 8.78 Å². The van der Waals surface area contributed by atoms with Crippen LogP contribution < -0.4 is 5.32 Å². The molecule has 1 heterocycles. The molecule has 4 heteroatoms. The lowest BCUT2D eigenvalue weighted by Gasteiger charge is -1.98. The molecule has 0 unspecified atom stereocenters. The lowest BCUT2D eigenvalue weighted by atomic mass is 10.2. The average molecular weight is 225 g/mol. The molecule has 0 saturated heterocycles. The Bertz CT molecular complexity index is 467. The largest absolute Gasteiger partial charge is 0.460 e. The minimum Gasteiger partial charge on any atom is -0.460 e. The van der Waals surface area contributed by atoms with Crippen LogP contribution in [-0.4, -0.2) is 13.2 Å². The monoisotopic (exact) mass is 225 g/mol. The van der Waals surface area contributed by atoms with Crippen molar-refractivity contribution in [3.63, 3.8) is 0 Å². The summed E-state index contributed by atoms with van der Waals surface area (Å²) in [5.74, 6) is 0.463. The molecule has 1 aromatic carbocycles. The lowest BCUT2D eigenvalue weighted by Crippen LogP contribution is -2.14. The molecule has 0 bridgehead atoms. The van der Waals surface area contributed by atoms with Gasteiger partial charge in [0, 0.05) is 5.39 Å². The summed E-state index contributed by atoms with van der Waals surface area (Å²) in [5.41, 5.74) is 0.670. The van der Waals surface area contributed by atoms with Crippen molar-refractivity contribution >= 4 is 11.0 Å². The standard InChI is InChI=1S/C12H13F2NO/c13-4-1-5-15-8-11-7-9-6-10(14)2-3-12(9)16-11/h2-3,6-7,15H,1,4-5,8H2. The van der Waals surface area contributed by atoms with Crippen LogP contribution in [-0.2, 0) is 6.54 Å². The van der Waals surface area contributed by atoms with Gasteiger partial charge in [0.05, 0.1) is 13.2 Å². The van der Waals surface area contributed by atoms with Gasteiger partial charge in [0.1, 0.15) is 17.2 Å². The van der Waals surface area contributed by atoms with Crippen molar-refractivity contribution in [2.24, 2.45) is 0 Å². The number of furan rings is 1. The van der Waals surface area contributed by atoms with E-state index in [-0.39, 0.29) is 12.5 Å².